The molecule has 1 aliphatic heterocycles. The van der Waals surface area contributed by atoms with Gasteiger partial charge in [-0.15, -0.1) is 0 Å². The van der Waals surface area contributed by atoms with Crippen LogP contribution in [0.15, 0.2) is 56.1 Å². The molecule has 1 aromatic carbocycles. The van der Waals surface area contributed by atoms with Crippen molar-refractivity contribution in [3.05, 3.63) is 70.2 Å². The van der Waals surface area contributed by atoms with E-state index in [9.17, 15) is 9.59 Å². The van der Waals surface area contributed by atoms with Crippen LogP contribution >= 0.6 is 15.9 Å². The van der Waals surface area contributed by atoms with Gasteiger partial charge in [0.1, 0.15) is 0 Å². The fourth-order valence-corrected chi connectivity index (χ4v) is 4.01. The highest BCUT2D eigenvalue weighted by Crippen LogP contribution is 2.17. The molecule has 9 nitrogen and oxygen atoms in total. The highest BCUT2D eigenvalue weighted by Gasteiger charge is 2.25. The predicted molar refractivity (Wildman–Crippen MR) is 123 cm³/mol. The van der Waals surface area contributed by atoms with E-state index in [2.05, 4.69) is 31.0 Å². The molecular weight excluding hydrogens is 490 g/mol. The van der Waals surface area contributed by atoms with Gasteiger partial charge in [0, 0.05) is 52.6 Å². The second-order valence-corrected chi connectivity index (χ2v) is 8.79. The molecular formula is C23H26BrN5O4. The first-order valence-corrected chi connectivity index (χ1v) is 11.6. The van der Waals surface area contributed by atoms with E-state index in [0.717, 1.165) is 5.56 Å². The van der Waals surface area contributed by atoms with Crippen molar-refractivity contribution >= 4 is 27.7 Å². The number of aryl methyl sites for hydroxylation is 1. The Labute approximate surface area is 200 Å². The lowest BCUT2D eigenvalue weighted by molar-refractivity contribution is -0.130. The molecule has 0 unspecified atom stereocenters. The molecule has 0 N–H and O–H groups in total. The summed E-state index contributed by atoms with van der Waals surface area (Å²) in [5.41, 5.74) is 1.09. The van der Waals surface area contributed by atoms with Gasteiger partial charge in [-0.25, -0.2) is 0 Å². The lowest BCUT2D eigenvalue weighted by Crippen LogP contribution is -2.48. The van der Waals surface area contributed by atoms with Crippen molar-refractivity contribution in [3.63, 3.8) is 0 Å². The number of furan rings is 1. The summed E-state index contributed by atoms with van der Waals surface area (Å²) in [7, 11) is 1.80. The maximum atomic E-state index is 12.5. The number of halogens is 1. The second-order valence-electron chi connectivity index (χ2n) is 8.01. The van der Waals surface area contributed by atoms with Crippen molar-refractivity contribution in [1.29, 1.82) is 0 Å². The molecule has 1 fully saturated rings. The first-order valence-electron chi connectivity index (χ1n) is 10.8. The third kappa shape index (κ3) is 6.29. The van der Waals surface area contributed by atoms with Gasteiger partial charge in [0.15, 0.2) is 16.3 Å². The van der Waals surface area contributed by atoms with Crippen LogP contribution in [-0.2, 0) is 24.3 Å². The molecule has 174 valence electrons. The number of carbonyl (C=O) groups is 2. The van der Waals surface area contributed by atoms with Gasteiger partial charge in [-0.1, -0.05) is 35.5 Å². The van der Waals surface area contributed by atoms with Gasteiger partial charge in [0.25, 0.3) is 5.91 Å². The smallest absolute Gasteiger partial charge is 0.289 e. The number of nitrogens with zero attached hydrogens (tertiary/aromatic N) is 5. The zero-order valence-corrected chi connectivity index (χ0v) is 20.0. The normalized spacial score (nSPS) is 14.4. The van der Waals surface area contributed by atoms with E-state index in [1.54, 1.807) is 29.0 Å². The van der Waals surface area contributed by atoms with Crippen LogP contribution in [0.1, 0.15) is 34.3 Å². The number of hydrogen-bond acceptors (Lipinski definition) is 7. The third-order valence-corrected chi connectivity index (χ3v) is 5.99. The van der Waals surface area contributed by atoms with Crippen LogP contribution in [-0.4, -0.2) is 69.9 Å². The molecule has 0 bridgehead atoms. The minimum atomic E-state index is -0.107. The van der Waals surface area contributed by atoms with Crippen LogP contribution in [0.5, 0.6) is 0 Å². The second kappa shape index (κ2) is 10.8. The molecule has 3 heterocycles. The summed E-state index contributed by atoms with van der Waals surface area (Å²) >= 11 is 3.22. The molecule has 33 heavy (non-hydrogen) atoms. The average Bonchev–Trinajstić information content (AvgIpc) is 3.47. The summed E-state index contributed by atoms with van der Waals surface area (Å²) in [6.45, 7) is 3.73. The van der Waals surface area contributed by atoms with E-state index in [4.69, 9.17) is 8.94 Å². The first kappa shape index (κ1) is 23.2. The summed E-state index contributed by atoms with van der Waals surface area (Å²) in [4.78, 5) is 35.0. The number of benzene rings is 1. The Kier molecular flexibility index (Phi) is 7.56. The predicted octanol–water partition coefficient (Wildman–Crippen LogP) is 2.97. The number of carbonyl (C=O) groups excluding carboxylic acids is 2. The number of amides is 2. The van der Waals surface area contributed by atoms with Gasteiger partial charge in [0.05, 0.1) is 6.54 Å². The summed E-state index contributed by atoms with van der Waals surface area (Å²) in [5, 5.41) is 4.05. The monoisotopic (exact) mass is 515 g/mol. The van der Waals surface area contributed by atoms with Crippen molar-refractivity contribution in [1.82, 2.24) is 24.8 Å². The lowest BCUT2D eigenvalue weighted by atomic mass is 10.2. The van der Waals surface area contributed by atoms with Crippen LogP contribution in [0.3, 0.4) is 0 Å². The highest BCUT2D eigenvalue weighted by atomic mass is 79.9. The van der Waals surface area contributed by atoms with Crippen molar-refractivity contribution in [2.75, 3.05) is 33.2 Å². The van der Waals surface area contributed by atoms with E-state index in [1.807, 2.05) is 30.3 Å². The molecule has 10 heteroatoms. The molecule has 2 aromatic heterocycles. The van der Waals surface area contributed by atoms with E-state index in [1.165, 1.54) is 0 Å². The molecule has 0 spiro atoms. The van der Waals surface area contributed by atoms with Gasteiger partial charge in [0.2, 0.25) is 11.8 Å². The molecule has 4 rings (SSSR count). The maximum absolute atomic E-state index is 12.5. The summed E-state index contributed by atoms with van der Waals surface area (Å²) in [5.74, 6) is 1.31. The summed E-state index contributed by atoms with van der Waals surface area (Å²) in [6.07, 6.45) is 0.723. The SMILES string of the molecule is CN(Cc1ccccc1)C(=O)CCc1nc(CN2CCN(C(=O)c3ccc(Br)o3)CC2)no1. The Hall–Kier alpha value is -2.98. The molecule has 2 amide bonds. The zero-order valence-electron chi connectivity index (χ0n) is 18.4. The number of hydrogen-bond donors (Lipinski definition) is 0. The summed E-state index contributed by atoms with van der Waals surface area (Å²) in [6, 6.07) is 13.3. The Morgan fingerprint density at radius 2 is 1.85 bits per heavy atom. The molecule has 3 aromatic rings. The van der Waals surface area contributed by atoms with Crippen molar-refractivity contribution in [2.45, 2.75) is 25.9 Å². The van der Waals surface area contributed by atoms with Gasteiger partial charge < -0.3 is 18.7 Å². The number of rotatable bonds is 8. The first-order chi connectivity index (χ1) is 16.0. The minimum Gasteiger partial charge on any atom is -0.444 e. The topological polar surface area (TPSA) is 95.9 Å². The van der Waals surface area contributed by atoms with E-state index in [-0.39, 0.29) is 11.8 Å². The average molecular weight is 516 g/mol. The number of aromatic nitrogens is 2. The van der Waals surface area contributed by atoms with E-state index < -0.39 is 0 Å². The van der Waals surface area contributed by atoms with Gasteiger partial charge in [-0.2, -0.15) is 4.98 Å². The summed E-state index contributed by atoms with van der Waals surface area (Å²) < 4.78 is 11.2. The Bertz CT molecular complexity index is 1080. The Morgan fingerprint density at radius 1 is 1.09 bits per heavy atom. The van der Waals surface area contributed by atoms with Crippen LogP contribution in [0, 0.1) is 0 Å². The zero-order chi connectivity index (χ0) is 23.2. The van der Waals surface area contributed by atoms with E-state index >= 15 is 0 Å². The lowest BCUT2D eigenvalue weighted by Gasteiger charge is -2.33. The van der Waals surface area contributed by atoms with Crippen LogP contribution in [0.4, 0.5) is 0 Å². The largest absolute Gasteiger partial charge is 0.444 e. The van der Waals surface area contributed by atoms with E-state index in [0.29, 0.717) is 74.3 Å². The van der Waals surface area contributed by atoms with Crippen molar-refractivity contribution in [2.24, 2.45) is 0 Å². The number of piperazine rings is 1. The quantitative estimate of drug-likeness (QED) is 0.454. The molecule has 0 saturated carbocycles. The van der Waals surface area contributed by atoms with Gasteiger partial charge >= 0.3 is 0 Å². The van der Waals surface area contributed by atoms with Crippen LogP contribution < -0.4 is 0 Å². The third-order valence-electron chi connectivity index (χ3n) is 5.56. The van der Waals surface area contributed by atoms with Crippen LogP contribution in [0.25, 0.3) is 0 Å². The van der Waals surface area contributed by atoms with Gasteiger partial charge in [-0.05, 0) is 33.6 Å². The van der Waals surface area contributed by atoms with Crippen molar-refractivity contribution < 1.29 is 18.5 Å². The fourth-order valence-electron chi connectivity index (χ4n) is 3.70. The molecule has 0 atom stereocenters. The standard InChI is InChI=1S/C23H26BrN5O4/c1-27(15-17-5-3-2-4-6-17)22(30)10-9-21-25-20(26-33-21)16-28-11-13-29(14-12-28)23(31)18-7-8-19(24)32-18/h2-8H,9-16H2,1H3. The minimum absolute atomic E-state index is 0.0305. The molecule has 1 aliphatic rings. The molecule has 0 radical (unpaired) electrons. The van der Waals surface area contributed by atoms with Crippen molar-refractivity contribution in [3.8, 4) is 0 Å². The van der Waals surface area contributed by atoms with Crippen LogP contribution in [0.2, 0.25) is 0 Å². The maximum Gasteiger partial charge on any atom is 0.289 e. The Balaban J connectivity index is 1.20. The molecule has 0 aliphatic carbocycles. The fraction of sp³-hybridized carbons (Fsp3) is 0.391. The van der Waals surface area contributed by atoms with Gasteiger partial charge in [-0.3, -0.25) is 14.5 Å². The Morgan fingerprint density at radius 3 is 2.55 bits per heavy atom. The molecule has 1 saturated heterocycles. The highest BCUT2D eigenvalue weighted by molar-refractivity contribution is 9.10.